The summed E-state index contributed by atoms with van der Waals surface area (Å²) in [4.78, 5) is 25.8. The van der Waals surface area contributed by atoms with Gasteiger partial charge in [0.05, 0.1) is 0 Å². The number of nitrogens with zero attached hydrogens (tertiary/aromatic N) is 1. The zero-order valence-electron chi connectivity index (χ0n) is 11.3. The van der Waals surface area contributed by atoms with Crippen LogP contribution in [0.1, 0.15) is 34.6 Å². The van der Waals surface area contributed by atoms with Gasteiger partial charge in [0.25, 0.3) is 0 Å². The van der Waals surface area contributed by atoms with Crippen LogP contribution in [0.15, 0.2) is 0 Å². The van der Waals surface area contributed by atoms with E-state index in [9.17, 15) is 9.59 Å². The molecule has 1 aliphatic heterocycles. The molecular formula is C13H22N2O2. The molecule has 1 unspecified atom stereocenters. The minimum atomic E-state index is -0.330. The number of hydrogen-bond acceptors (Lipinski definition) is 2. The Morgan fingerprint density at radius 1 is 1.29 bits per heavy atom. The highest BCUT2D eigenvalue weighted by Crippen LogP contribution is 2.68. The van der Waals surface area contributed by atoms with Crippen LogP contribution in [0, 0.1) is 16.7 Å². The van der Waals surface area contributed by atoms with Crippen LogP contribution >= 0.6 is 0 Å². The molecule has 1 aliphatic carbocycles. The summed E-state index contributed by atoms with van der Waals surface area (Å²) in [6, 6.07) is -0.330. The Kier molecular flexibility index (Phi) is 2.53. The molecule has 0 spiro atoms. The summed E-state index contributed by atoms with van der Waals surface area (Å²) < 4.78 is 0. The largest absolute Gasteiger partial charge is 0.353 e. The SMILES string of the molecule is CC1C(=O)NCCN1C(=O)C1C(C)(C)C1(C)C. The van der Waals surface area contributed by atoms with Crippen molar-refractivity contribution in [2.75, 3.05) is 13.1 Å². The third-order valence-electron chi connectivity index (χ3n) is 5.05. The van der Waals surface area contributed by atoms with Gasteiger partial charge in [-0.25, -0.2) is 0 Å². The van der Waals surface area contributed by atoms with E-state index in [2.05, 4.69) is 33.0 Å². The van der Waals surface area contributed by atoms with Crippen LogP contribution in [0.4, 0.5) is 0 Å². The minimum Gasteiger partial charge on any atom is -0.353 e. The first-order valence-electron chi connectivity index (χ1n) is 6.29. The fourth-order valence-electron chi connectivity index (χ4n) is 3.06. The zero-order valence-corrected chi connectivity index (χ0v) is 11.3. The lowest BCUT2D eigenvalue weighted by atomic mass is 10.0. The topological polar surface area (TPSA) is 49.4 Å². The molecule has 1 atom stereocenters. The average molecular weight is 238 g/mol. The van der Waals surface area contributed by atoms with E-state index >= 15 is 0 Å². The van der Waals surface area contributed by atoms with E-state index in [0.717, 1.165) is 0 Å². The van der Waals surface area contributed by atoms with Crippen molar-refractivity contribution in [2.45, 2.75) is 40.7 Å². The van der Waals surface area contributed by atoms with Gasteiger partial charge in [-0.3, -0.25) is 9.59 Å². The average Bonchev–Trinajstić information content (AvgIpc) is 2.61. The highest BCUT2D eigenvalue weighted by atomic mass is 16.2. The molecule has 0 bridgehead atoms. The first-order chi connectivity index (χ1) is 7.71. The van der Waals surface area contributed by atoms with Crippen molar-refractivity contribution in [2.24, 2.45) is 16.7 Å². The smallest absolute Gasteiger partial charge is 0.242 e. The monoisotopic (exact) mass is 238 g/mol. The molecular weight excluding hydrogens is 216 g/mol. The number of nitrogens with one attached hydrogen (secondary N) is 1. The van der Waals surface area contributed by atoms with Crippen LogP contribution in [-0.2, 0) is 9.59 Å². The molecule has 0 radical (unpaired) electrons. The first kappa shape index (κ1) is 12.4. The summed E-state index contributed by atoms with van der Waals surface area (Å²) in [7, 11) is 0. The van der Waals surface area contributed by atoms with Gasteiger partial charge in [-0.1, -0.05) is 27.7 Å². The van der Waals surface area contributed by atoms with Gasteiger partial charge in [-0.15, -0.1) is 0 Å². The van der Waals surface area contributed by atoms with E-state index in [1.807, 2.05) is 0 Å². The second-order valence-electron chi connectivity index (χ2n) is 6.38. The lowest BCUT2D eigenvalue weighted by Gasteiger charge is -2.33. The fourth-order valence-corrected chi connectivity index (χ4v) is 3.06. The van der Waals surface area contributed by atoms with E-state index in [-0.39, 0.29) is 34.6 Å². The van der Waals surface area contributed by atoms with Gasteiger partial charge in [-0.05, 0) is 17.8 Å². The molecule has 1 N–H and O–H groups in total. The molecule has 2 fully saturated rings. The molecule has 96 valence electrons. The van der Waals surface area contributed by atoms with Crippen LogP contribution in [0.25, 0.3) is 0 Å². The molecule has 4 heteroatoms. The molecule has 0 aromatic heterocycles. The molecule has 0 aromatic rings. The van der Waals surface area contributed by atoms with Gasteiger partial charge in [0, 0.05) is 19.0 Å². The summed E-state index contributed by atoms with van der Waals surface area (Å²) >= 11 is 0. The number of amides is 2. The standard InChI is InChI=1S/C13H22N2O2/c1-8-10(16)14-6-7-15(8)11(17)9-12(2,3)13(9,4)5/h8-9H,6-7H2,1-5H3,(H,14,16). The Morgan fingerprint density at radius 3 is 2.29 bits per heavy atom. The maximum atomic E-state index is 12.5. The van der Waals surface area contributed by atoms with Crippen molar-refractivity contribution in [1.82, 2.24) is 10.2 Å². The van der Waals surface area contributed by atoms with Crippen molar-refractivity contribution in [3.63, 3.8) is 0 Å². The highest BCUT2D eigenvalue weighted by Gasteiger charge is 2.69. The van der Waals surface area contributed by atoms with Crippen LogP contribution in [0.3, 0.4) is 0 Å². The Bertz CT molecular complexity index is 360. The third-order valence-corrected chi connectivity index (χ3v) is 5.05. The summed E-state index contributed by atoms with van der Waals surface area (Å²) in [6.45, 7) is 11.5. The second-order valence-corrected chi connectivity index (χ2v) is 6.38. The maximum absolute atomic E-state index is 12.5. The Hall–Kier alpha value is -1.06. The Labute approximate surface area is 103 Å². The molecule has 1 saturated carbocycles. The summed E-state index contributed by atoms with van der Waals surface area (Å²) in [5.41, 5.74) is 0.0788. The number of hydrogen-bond donors (Lipinski definition) is 1. The van der Waals surface area contributed by atoms with Gasteiger partial charge in [0.1, 0.15) is 6.04 Å². The fraction of sp³-hybridized carbons (Fsp3) is 0.846. The van der Waals surface area contributed by atoms with Gasteiger partial charge in [0.15, 0.2) is 0 Å². The van der Waals surface area contributed by atoms with E-state index in [1.165, 1.54) is 0 Å². The Balaban J connectivity index is 2.14. The van der Waals surface area contributed by atoms with Crippen molar-refractivity contribution < 1.29 is 9.59 Å². The van der Waals surface area contributed by atoms with E-state index < -0.39 is 0 Å². The molecule has 2 aliphatic rings. The second kappa shape index (κ2) is 3.47. The Morgan fingerprint density at radius 2 is 1.82 bits per heavy atom. The van der Waals surface area contributed by atoms with Crippen molar-refractivity contribution in [1.29, 1.82) is 0 Å². The van der Waals surface area contributed by atoms with Crippen LogP contribution < -0.4 is 5.32 Å². The molecule has 1 heterocycles. The summed E-state index contributed by atoms with van der Waals surface area (Å²) in [6.07, 6.45) is 0. The quantitative estimate of drug-likeness (QED) is 0.741. The predicted octanol–water partition coefficient (Wildman–Crippen LogP) is 1.02. The molecule has 17 heavy (non-hydrogen) atoms. The summed E-state index contributed by atoms with van der Waals surface area (Å²) in [5.74, 6) is 0.145. The first-order valence-corrected chi connectivity index (χ1v) is 6.29. The number of carbonyl (C=O) groups is 2. The van der Waals surface area contributed by atoms with Crippen LogP contribution in [0.5, 0.6) is 0 Å². The number of rotatable bonds is 1. The lowest BCUT2D eigenvalue weighted by Crippen LogP contribution is -2.56. The highest BCUT2D eigenvalue weighted by molar-refractivity contribution is 5.91. The van der Waals surface area contributed by atoms with Crippen LogP contribution in [0.2, 0.25) is 0 Å². The van der Waals surface area contributed by atoms with E-state index in [1.54, 1.807) is 11.8 Å². The summed E-state index contributed by atoms with van der Waals surface area (Å²) in [5, 5.41) is 2.78. The number of piperazine rings is 1. The minimum absolute atomic E-state index is 0.0394. The van der Waals surface area contributed by atoms with E-state index in [4.69, 9.17) is 0 Å². The van der Waals surface area contributed by atoms with Gasteiger partial charge in [0.2, 0.25) is 11.8 Å². The van der Waals surface area contributed by atoms with Crippen molar-refractivity contribution >= 4 is 11.8 Å². The van der Waals surface area contributed by atoms with Gasteiger partial charge in [-0.2, -0.15) is 0 Å². The molecule has 0 aromatic carbocycles. The third kappa shape index (κ3) is 1.57. The maximum Gasteiger partial charge on any atom is 0.242 e. The van der Waals surface area contributed by atoms with Crippen LogP contribution in [-0.4, -0.2) is 35.8 Å². The zero-order chi connectivity index (χ0) is 13.0. The van der Waals surface area contributed by atoms with Crippen molar-refractivity contribution in [3.05, 3.63) is 0 Å². The predicted molar refractivity (Wildman–Crippen MR) is 65.2 cm³/mol. The number of carbonyl (C=O) groups excluding carboxylic acids is 2. The normalized spacial score (nSPS) is 31.0. The van der Waals surface area contributed by atoms with Gasteiger partial charge < -0.3 is 10.2 Å². The molecule has 2 amide bonds. The molecule has 1 saturated heterocycles. The molecule has 4 nitrogen and oxygen atoms in total. The van der Waals surface area contributed by atoms with Gasteiger partial charge >= 0.3 is 0 Å². The lowest BCUT2D eigenvalue weighted by molar-refractivity contribution is -0.144. The van der Waals surface area contributed by atoms with E-state index in [0.29, 0.717) is 13.1 Å². The molecule has 2 rings (SSSR count). The van der Waals surface area contributed by atoms with Crippen molar-refractivity contribution in [3.8, 4) is 0 Å².